The summed E-state index contributed by atoms with van der Waals surface area (Å²) in [6.45, 7) is 2.05. The first-order valence-corrected chi connectivity index (χ1v) is 4.27. The van der Waals surface area contributed by atoms with Crippen LogP contribution >= 0.6 is 0 Å². The number of nitrogens with zero attached hydrogens (tertiary/aromatic N) is 1. The van der Waals surface area contributed by atoms with Crippen molar-refractivity contribution in [2.24, 2.45) is 10.9 Å². The highest BCUT2D eigenvalue weighted by Gasteiger charge is 2.01. The van der Waals surface area contributed by atoms with Gasteiger partial charge in [-0.3, -0.25) is 4.79 Å². The number of hydrogen-bond acceptors (Lipinski definition) is 5. The molecule has 6 nitrogen and oxygen atoms in total. The maximum atomic E-state index is 10.8. The molecule has 0 heterocycles. The second kappa shape index (κ2) is 8.03. The van der Waals surface area contributed by atoms with Gasteiger partial charge in [0.2, 0.25) is 6.61 Å². The van der Waals surface area contributed by atoms with Gasteiger partial charge in [0.05, 0.1) is 6.61 Å². The lowest BCUT2D eigenvalue weighted by molar-refractivity contribution is -0.149. The summed E-state index contributed by atoms with van der Waals surface area (Å²) in [6.07, 6.45) is 2.55. The minimum atomic E-state index is -0.732. The molecule has 0 bridgehead atoms. The van der Waals surface area contributed by atoms with Crippen LogP contribution in [-0.2, 0) is 19.2 Å². The summed E-state index contributed by atoms with van der Waals surface area (Å²) in [6, 6.07) is 0. The molecule has 0 rings (SSSR count). The predicted octanol–water partition coefficient (Wildman–Crippen LogP) is -0.183. The molecule has 80 valence electrons. The van der Waals surface area contributed by atoms with Gasteiger partial charge in [-0.1, -0.05) is 18.5 Å². The van der Waals surface area contributed by atoms with Gasteiger partial charge in [0.25, 0.3) is 5.91 Å². The normalized spacial score (nSPS) is 10.1. The van der Waals surface area contributed by atoms with Gasteiger partial charge >= 0.3 is 5.97 Å². The highest BCUT2D eigenvalue weighted by Crippen LogP contribution is 1.89. The fourth-order valence-electron chi connectivity index (χ4n) is 0.551. The van der Waals surface area contributed by atoms with Gasteiger partial charge in [0.1, 0.15) is 6.21 Å². The summed E-state index contributed by atoms with van der Waals surface area (Å²) >= 11 is 0. The number of hydrogen-bond donors (Lipinski definition) is 1. The fraction of sp³-hybridized carbons (Fsp3) is 0.625. The van der Waals surface area contributed by atoms with Gasteiger partial charge < -0.3 is 15.3 Å². The van der Waals surface area contributed by atoms with Crippen molar-refractivity contribution in [2.75, 3.05) is 13.2 Å². The predicted molar refractivity (Wildman–Crippen MR) is 49.5 cm³/mol. The number of carbonyl (C=O) groups excluding carboxylic acids is 2. The van der Waals surface area contributed by atoms with Crippen LogP contribution in [0.3, 0.4) is 0 Å². The zero-order valence-corrected chi connectivity index (χ0v) is 8.06. The van der Waals surface area contributed by atoms with Crippen LogP contribution in [0, 0.1) is 0 Å². The molecule has 0 aliphatic carbocycles. The monoisotopic (exact) mass is 202 g/mol. The summed E-state index contributed by atoms with van der Waals surface area (Å²) in [5, 5.41) is 3.14. The van der Waals surface area contributed by atoms with Crippen LogP contribution in [0.15, 0.2) is 5.16 Å². The van der Waals surface area contributed by atoms with Gasteiger partial charge in [-0.15, -0.1) is 0 Å². The third-order valence-electron chi connectivity index (χ3n) is 1.20. The molecular weight excluding hydrogens is 188 g/mol. The molecule has 0 aliphatic heterocycles. The number of unbranched alkanes of at least 4 members (excludes halogenated alkanes) is 1. The maximum Gasteiger partial charge on any atom is 0.347 e. The Kier molecular flexibility index (Phi) is 7.12. The van der Waals surface area contributed by atoms with Gasteiger partial charge in [-0.2, -0.15) is 0 Å². The molecule has 0 aliphatic rings. The van der Waals surface area contributed by atoms with E-state index in [0.29, 0.717) is 6.61 Å². The van der Waals surface area contributed by atoms with Gasteiger partial charge in [-0.25, -0.2) is 4.79 Å². The lowest BCUT2D eigenvalue weighted by Crippen LogP contribution is -2.14. The Morgan fingerprint density at radius 1 is 1.50 bits per heavy atom. The summed E-state index contributed by atoms with van der Waals surface area (Å²) in [5.41, 5.74) is 4.72. The first-order valence-electron chi connectivity index (χ1n) is 4.27. The van der Waals surface area contributed by atoms with E-state index in [0.717, 1.165) is 19.1 Å². The van der Waals surface area contributed by atoms with Crippen LogP contribution < -0.4 is 5.73 Å². The van der Waals surface area contributed by atoms with Crippen LogP contribution in [0.4, 0.5) is 0 Å². The van der Waals surface area contributed by atoms with Gasteiger partial charge in [0, 0.05) is 0 Å². The molecule has 0 aromatic heterocycles. The largest absolute Gasteiger partial charge is 0.463 e. The molecule has 0 spiro atoms. The first-order chi connectivity index (χ1) is 6.66. The van der Waals surface area contributed by atoms with E-state index in [1.54, 1.807) is 0 Å². The molecule has 14 heavy (non-hydrogen) atoms. The van der Waals surface area contributed by atoms with Crippen molar-refractivity contribution in [1.82, 2.24) is 0 Å². The Hall–Kier alpha value is -1.59. The molecule has 0 atom stereocenters. The average Bonchev–Trinajstić information content (AvgIpc) is 2.13. The van der Waals surface area contributed by atoms with Crippen LogP contribution in [-0.4, -0.2) is 31.3 Å². The Morgan fingerprint density at radius 2 is 2.21 bits per heavy atom. The van der Waals surface area contributed by atoms with E-state index >= 15 is 0 Å². The number of oxime groups is 1. The average molecular weight is 202 g/mol. The van der Waals surface area contributed by atoms with Crippen LogP contribution in [0.5, 0.6) is 0 Å². The van der Waals surface area contributed by atoms with Crippen molar-refractivity contribution in [3.05, 3.63) is 0 Å². The van der Waals surface area contributed by atoms with E-state index < -0.39 is 11.9 Å². The zero-order valence-electron chi connectivity index (χ0n) is 8.06. The van der Waals surface area contributed by atoms with E-state index in [2.05, 4.69) is 9.99 Å². The van der Waals surface area contributed by atoms with E-state index in [4.69, 9.17) is 10.5 Å². The van der Waals surface area contributed by atoms with E-state index in [1.165, 1.54) is 0 Å². The smallest absolute Gasteiger partial charge is 0.347 e. The quantitative estimate of drug-likeness (QED) is 0.268. The van der Waals surface area contributed by atoms with Crippen LogP contribution in [0.1, 0.15) is 19.8 Å². The molecule has 0 fully saturated rings. The Morgan fingerprint density at radius 3 is 2.79 bits per heavy atom. The van der Waals surface area contributed by atoms with E-state index in [1.807, 2.05) is 6.92 Å². The fourth-order valence-corrected chi connectivity index (χ4v) is 0.551. The Balaban J connectivity index is 3.40. The molecule has 0 saturated carbocycles. The molecule has 0 radical (unpaired) electrons. The number of rotatable bonds is 7. The van der Waals surface area contributed by atoms with Gasteiger partial charge in [0.15, 0.2) is 0 Å². The summed E-state index contributed by atoms with van der Waals surface area (Å²) < 4.78 is 4.74. The van der Waals surface area contributed by atoms with Crippen molar-refractivity contribution < 1.29 is 19.2 Å². The second-order valence-corrected chi connectivity index (χ2v) is 2.48. The summed E-state index contributed by atoms with van der Waals surface area (Å²) in [4.78, 5) is 25.4. The zero-order chi connectivity index (χ0) is 10.8. The second-order valence-electron chi connectivity index (χ2n) is 2.48. The Labute approximate surface area is 82.0 Å². The number of primary amides is 1. The van der Waals surface area contributed by atoms with Crippen molar-refractivity contribution in [1.29, 1.82) is 0 Å². The lowest BCUT2D eigenvalue weighted by Gasteiger charge is -2.01. The minimum Gasteiger partial charge on any atom is -0.463 e. The molecule has 0 aromatic carbocycles. The molecule has 2 N–H and O–H groups in total. The topological polar surface area (TPSA) is 91.0 Å². The number of amides is 1. The minimum absolute atomic E-state index is 0.312. The van der Waals surface area contributed by atoms with Crippen molar-refractivity contribution in [3.8, 4) is 0 Å². The highest BCUT2D eigenvalue weighted by molar-refractivity contribution is 6.25. The molecule has 1 amide bonds. The highest BCUT2D eigenvalue weighted by atomic mass is 16.6. The molecule has 0 saturated heterocycles. The van der Waals surface area contributed by atoms with E-state index in [-0.39, 0.29) is 6.61 Å². The third kappa shape index (κ3) is 8.51. The number of nitrogens with two attached hydrogens (primary N) is 1. The summed E-state index contributed by atoms with van der Waals surface area (Å²) in [7, 11) is 0. The van der Waals surface area contributed by atoms with Crippen molar-refractivity contribution in [3.63, 3.8) is 0 Å². The SMILES string of the molecule is CCCCOC(=O)CON=CC(N)=O. The third-order valence-corrected chi connectivity index (χ3v) is 1.20. The maximum absolute atomic E-state index is 10.8. The van der Waals surface area contributed by atoms with Crippen LogP contribution in [0.2, 0.25) is 0 Å². The number of carbonyl (C=O) groups is 2. The lowest BCUT2D eigenvalue weighted by atomic mass is 10.4. The standard InChI is InChI=1S/C8H14N2O4/c1-2-3-4-13-8(12)6-14-10-5-7(9)11/h5H,2-4,6H2,1H3,(H2,9,11). The Bertz CT molecular complexity index is 215. The number of esters is 1. The van der Waals surface area contributed by atoms with Crippen molar-refractivity contribution in [2.45, 2.75) is 19.8 Å². The molecule has 6 heteroatoms. The van der Waals surface area contributed by atoms with Gasteiger partial charge in [-0.05, 0) is 6.42 Å². The summed E-state index contributed by atoms with van der Waals surface area (Å²) in [5.74, 6) is -1.25. The van der Waals surface area contributed by atoms with Crippen molar-refractivity contribution >= 4 is 18.1 Å². The number of ether oxygens (including phenoxy) is 1. The van der Waals surface area contributed by atoms with Crippen LogP contribution in [0.25, 0.3) is 0 Å². The van der Waals surface area contributed by atoms with E-state index in [9.17, 15) is 9.59 Å². The molecule has 0 unspecified atom stereocenters. The molecular formula is C8H14N2O4. The molecule has 0 aromatic rings. The first kappa shape index (κ1) is 12.4.